The highest BCUT2D eigenvalue weighted by atomic mass is 35.5. The number of nitrogens with two attached hydrogens (primary N) is 1. The van der Waals surface area contributed by atoms with Crippen LogP contribution in [0.3, 0.4) is 0 Å². The van der Waals surface area contributed by atoms with E-state index in [9.17, 15) is 0 Å². The molecule has 90 valence electrons. The Morgan fingerprint density at radius 2 is 2.00 bits per heavy atom. The lowest BCUT2D eigenvalue weighted by Crippen LogP contribution is -2.24. The van der Waals surface area contributed by atoms with Gasteiger partial charge in [0.05, 0.1) is 17.8 Å². The molecular weight excluding hydrogens is 226 g/mol. The van der Waals surface area contributed by atoms with E-state index in [0.717, 1.165) is 31.4 Å². The zero-order chi connectivity index (χ0) is 11.7. The van der Waals surface area contributed by atoms with Gasteiger partial charge in [0.25, 0.3) is 0 Å². The van der Waals surface area contributed by atoms with Gasteiger partial charge in [0.2, 0.25) is 0 Å². The zero-order valence-corrected chi connectivity index (χ0v) is 10.5. The second kappa shape index (κ2) is 4.63. The number of halogens is 1. The summed E-state index contributed by atoms with van der Waals surface area (Å²) in [5.41, 5.74) is 6.75. The molecule has 1 aromatic heterocycles. The molecule has 0 unspecified atom stereocenters. The van der Waals surface area contributed by atoms with Crippen molar-refractivity contribution in [2.45, 2.75) is 44.8 Å². The maximum atomic E-state index is 6.04. The smallest absolute Gasteiger partial charge is 0.141 e. The molecule has 1 saturated carbocycles. The Morgan fingerprint density at radius 1 is 1.38 bits per heavy atom. The van der Waals surface area contributed by atoms with Crippen LogP contribution in [0.25, 0.3) is 0 Å². The van der Waals surface area contributed by atoms with E-state index in [1.807, 2.05) is 11.6 Å². The SMILES string of the molecule is COC1CCC(n2nc(C)c(Cl)c2N)CC1. The number of hydrogen-bond acceptors (Lipinski definition) is 3. The highest BCUT2D eigenvalue weighted by Gasteiger charge is 2.25. The molecule has 1 aromatic rings. The molecule has 0 saturated heterocycles. The summed E-state index contributed by atoms with van der Waals surface area (Å²) in [7, 11) is 1.77. The van der Waals surface area contributed by atoms with E-state index in [1.54, 1.807) is 7.11 Å². The number of nitrogen functional groups attached to an aromatic ring is 1. The van der Waals surface area contributed by atoms with Crippen LogP contribution in [-0.2, 0) is 4.74 Å². The Hall–Kier alpha value is -0.740. The lowest BCUT2D eigenvalue weighted by Gasteiger charge is -2.28. The van der Waals surface area contributed by atoms with Gasteiger partial charge in [-0.2, -0.15) is 5.10 Å². The Labute approximate surface area is 101 Å². The minimum Gasteiger partial charge on any atom is -0.383 e. The Kier molecular flexibility index (Phi) is 3.40. The van der Waals surface area contributed by atoms with Gasteiger partial charge in [-0.3, -0.25) is 0 Å². The first-order chi connectivity index (χ1) is 7.63. The van der Waals surface area contributed by atoms with Gasteiger partial charge >= 0.3 is 0 Å². The minimum atomic E-state index is 0.373. The number of rotatable bonds is 2. The summed E-state index contributed by atoms with van der Waals surface area (Å²) < 4.78 is 7.23. The van der Waals surface area contributed by atoms with E-state index in [-0.39, 0.29) is 0 Å². The van der Waals surface area contributed by atoms with E-state index in [2.05, 4.69) is 5.10 Å². The van der Waals surface area contributed by atoms with Crippen molar-refractivity contribution >= 4 is 17.4 Å². The molecule has 4 nitrogen and oxygen atoms in total. The summed E-state index contributed by atoms with van der Waals surface area (Å²) in [6.07, 6.45) is 4.64. The van der Waals surface area contributed by atoms with Crippen molar-refractivity contribution in [1.29, 1.82) is 0 Å². The van der Waals surface area contributed by atoms with Gasteiger partial charge in [-0.25, -0.2) is 4.68 Å². The average Bonchev–Trinajstić information content (AvgIpc) is 2.57. The van der Waals surface area contributed by atoms with Crippen LogP contribution in [0.15, 0.2) is 0 Å². The fourth-order valence-electron chi connectivity index (χ4n) is 2.35. The first kappa shape index (κ1) is 11.7. The van der Waals surface area contributed by atoms with Crippen LogP contribution in [0.5, 0.6) is 0 Å². The lowest BCUT2D eigenvalue weighted by molar-refractivity contribution is 0.0571. The van der Waals surface area contributed by atoms with Crippen molar-refractivity contribution in [3.8, 4) is 0 Å². The van der Waals surface area contributed by atoms with Gasteiger partial charge in [-0.1, -0.05) is 11.6 Å². The highest BCUT2D eigenvalue weighted by molar-refractivity contribution is 6.33. The van der Waals surface area contributed by atoms with Crippen LogP contribution in [-0.4, -0.2) is 23.0 Å². The van der Waals surface area contributed by atoms with Crippen LogP contribution in [0, 0.1) is 6.92 Å². The molecule has 0 aromatic carbocycles. The molecular formula is C11H18ClN3O. The first-order valence-electron chi connectivity index (χ1n) is 5.66. The average molecular weight is 244 g/mol. The largest absolute Gasteiger partial charge is 0.383 e. The maximum Gasteiger partial charge on any atom is 0.141 e. The van der Waals surface area contributed by atoms with Gasteiger partial charge in [-0.15, -0.1) is 0 Å². The molecule has 1 fully saturated rings. The third-order valence-electron chi connectivity index (χ3n) is 3.37. The van der Waals surface area contributed by atoms with Crippen LogP contribution in [0.2, 0.25) is 5.02 Å². The van der Waals surface area contributed by atoms with Crippen molar-refractivity contribution in [3.05, 3.63) is 10.7 Å². The van der Waals surface area contributed by atoms with Crippen molar-refractivity contribution in [1.82, 2.24) is 9.78 Å². The van der Waals surface area contributed by atoms with Gasteiger partial charge in [0, 0.05) is 7.11 Å². The second-order valence-electron chi connectivity index (χ2n) is 4.40. The van der Waals surface area contributed by atoms with Crippen molar-refractivity contribution in [3.63, 3.8) is 0 Å². The predicted molar refractivity (Wildman–Crippen MR) is 64.7 cm³/mol. The summed E-state index contributed by atoms with van der Waals surface area (Å²) in [5.74, 6) is 0.597. The highest BCUT2D eigenvalue weighted by Crippen LogP contribution is 2.33. The van der Waals surface area contributed by atoms with Gasteiger partial charge in [0.15, 0.2) is 0 Å². The Balaban J connectivity index is 2.11. The number of aryl methyl sites for hydroxylation is 1. The standard InChI is InChI=1S/C11H18ClN3O/c1-7-10(12)11(13)15(14-7)8-3-5-9(16-2)6-4-8/h8-9H,3-6,13H2,1-2H3. The number of nitrogens with zero attached hydrogens (tertiary/aromatic N) is 2. The van der Waals surface area contributed by atoms with E-state index < -0.39 is 0 Å². The Morgan fingerprint density at radius 3 is 2.44 bits per heavy atom. The van der Waals surface area contributed by atoms with Crippen LogP contribution in [0.1, 0.15) is 37.4 Å². The number of methoxy groups -OCH3 is 1. The molecule has 2 N–H and O–H groups in total. The minimum absolute atomic E-state index is 0.373. The van der Waals surface area contributed by atoms with E-state index in [1.165, 1.54) is 0 Å². The summed E-state index contributed by atoms with van der Waals surface area (Å²) in [4.78, 5) is 0. The van der Waals surface area contributed by atoms with Crippen LogP contribution < -0.4 is 5.73 Å². The predicted octanol–water partition coefficient (Wildman–Crippen LogP) is 2.56. The third-order valence-corrected chi connectivity index (χ3v) is 3.84. The summed E-state index contributed by atoms with van der Waals surface area (Å²) in [6, 6.07) is 0.373. The zero-order valence-electron chi connectivity index (χ0n) is 9.74. The van der Waals surface area contributed by atoms with Crippen molar-refractivity contribution < 1.29 is 4.74 Å². The quantitative estimate of drug-likeness (QED) is 0.869. The molecule has 0 atom stereocenters. The van der Waals surface area contributed by atoms with Crippen LogP contribution in [0.4, 0.5) is 5.82 Å². The summed E-state index contributed by atoms with van der Waals surface area (Å²) in [6.45, 7) is 1.88. The molecule has 16 heavy (non-hydrogen) atoms. The molecule has 0 bridgehead atoms. The normalized spacial score (nSPS) is 25.9. The van der Waals surface area contributed by atoms with E-state index >= 15 is 0 Å². The number of aromatic nitrogens is 2. The number of hydrogen-bond donors (Lipinski definition) is 1. The number of anilines is 1. The van der Waals surface area contributed by atoms with Crippen molar-refractivity contribution in [2.24, 2.45) is 0 Å². The second-order valence-corrected chi connectivity index (χ2v) is 4.77. The lowest BCUT2D eigenvalue weighted by atomic mass is 9.93. The monoisotopic (exact) mass is 243 g/mol. The third kappa shape index (κ3) is 2.04. The van der Waals surface area contributed by atoms with Crippen LogP contribution >= 0.6 is 11.6 Å². The molecule has 1 heterocycles. The van der Waals surface area contributed by atoms with E-state index in [0.29, 0.717) is 23.0 Å². The molecule has 0 amide bonds. The fraction of sp³-hybridized carbons (Fsp3) is 0.727. The summed E-state index contributed by atoms with van der Waals surface area (Å²) in [5, 5.41) is 4.99. The van der Waals surface area contributed by atoms with Crippen molar-refractivity contribution in [2.75, 3.05) is 12.8 Å². The maximum absolute atomic E-state index is 6.04. The van der Waals surface area contributed by atoms with Gasteiger partial charge in [0.1, 0.15) is 10.8 Å². The molecule has 0 spiro atoms. The van der Waals surface area contributed by atoms with Gasteiger partial charge < -0.3 is 10.5 Å². The van der Waals surface area contributed by atoms with E-state index in [4.69, 9.17) is 22.1 Å². The fourth-order valence-corrected chi connectivity index (χ4v) is 2.47. The Bertz CT molecular complexity index is 370. The van der Waals surface area contributed by atoms with Gasteiger partial charge in [-0.05, 0) is 32.6 Å². The first-order valence-corrected chi connectivity index (χ1v) is 6.04. The summed E-state index contributed by atoms with van der Waals surface area (Å²) >= 11 is 6.04. The molecule has 0 aliphatic heterocycles. The number of ether oxygens (including phenoxy) is 1. The molecule has 1 aliphatic rings. The molecule has 5 heteroatoms. The topological polar surface area (TPSA) is 53.1 Å². The molecule has 2 rings (SSSR count). The molecule has 0 radical (unpaired) electrons. The molecule has 1 aliphatic carbocycles.